The molecule has 3 atom stereocenters. The van der Waals surface area contributed by atoms with Crippen LogP contribution in [-0.4, -0.2) is 250 Å². The third kappa shape index (κ3) is 106. The van der Waals surface area contributed by atoms with Gasteiger partial charge >= 0.3 is 0 Å². The standard InChI is InChI=1S/C12H27NO.C10H23NO2.2C10H23NO.3C9H21N.C8H19NO/c1-6-8-13(10-11-14-5)9-7-12(2,3)4;1-10(2,3)4-5-11(6-8-12)7-9-13;1-10(2,3)6-7-11(4)8-9-12-5;1-9(10(2,3)4)8-11(5)6-7-12;1-8(7-10(5)6)9(2,3)4;1-8(10(5)6)7-9(2,3)4;1-5-7-10-8-6-9(2,3)4;1-8(2,3)4-5-9-6-7-10/h6-11H2,1-5H3;12-13H,4-9H2,1-3H3;6-9H2,1-5H3;9,12H,6-8H2,1-5H3;2*8H,7H2,1-6H3;10H,5-8H2,1-4H3;9-10H,4-7H2,1-3H3. The van der Waals surface area contributed by atoms with E-state index in [1.165, 1.54) is 58.2 Å². The summed E-state index contributed by atoms with van der Waals surface area (Å²) in [6, 6.07) is 0.694. The van der Waals surface area contributed by atoms with Crippen LogP contribution >= 0.6 is 0 Å². The summed E-state index contributed by atoms with van der Waals surface area (Å²) in [4.78, 5) is 13.6. The first-order valence-corrected chi connectivity index (χ1v) is 36.1. The lowest BCUT2D eigenvalue weighted by Crippen LogP contribution is -2.32. The molecule has 0 fully saturated rings. The molecule has 0 aliphatic heterocycles. The Labute approximate surface area is 575 Å². The molecule has 0 bridgehead atoms. The lowest BCUT2D eigenvalue weighted by Gasteiger charge is -2.30. The molecule has 0 aliphatic rings. The van der Waals surface area contributed by atoms with E-state index in [0.29, 0.717) is 68.4 Å². The lowest BCUT2D eigenvalue weighted by molar-refractivity contribution is 0.138. The lowest BCUT2D eigenvalue weighted by atomic mass is 9.82. The zero-order valence-corrected chi connectivity index (χ0v) is 69.5. The van der Waals surface area contributed by atoms with Crippen LogP contribution in [0.3, 0.4) is 0 Å². The van der Waals surface area contributed by atoms with Crippen molar-refractivity contribution in [3.63, 3.8) is 0 Å². The molecular weight excluding hydrogens is 1130 g/mol. The predicted octanol–water partition coefficient (Wildman–Crippen LogP) is 15.1. The largest absolute Gasteiger partial charge is 0.395 e. The van der Waals surface area contributed by atoms with Gasteiger partial charge in [0.1, 0.15) is 0 Å². The van der Waals surface area contributed by atoms with Gasteiger partial charge in [-0.25, -0.2) is 0 Å². The maximum Gasteiger partial charge on any atom is 0.0589 e. The van der Waals surface area contributed by atoms with Crippen molar-refractivity contribution < 1.29 is 29.9 Å². The summed E-state index contributed by atoms with van der Waals surface area (Å²) in [6.07, 6.45) is 9.76. The molecule has 3 unspecified atom stereocenters. The average molecular weight is 1310 g/mol. The van der Waals surface area contributed by atoms with Crippen LogP contribution < -0.4 is 10.6 Å². The molecule has 14 heteroatoms. The Morgan fingerprint density at radius 3 is 0.978 bits per heavy atom. The van der Waals surface area contributed by atoms with E-state index in [1.54, 1.807) is 14.2 Å². The maximum atomic E-state index is 8.77. The van der Waals surface area contributed by atoms with Gasteiger partial charge in [-0.1, -0.05) is 194 Å². The molecule has 0 saturated carbocycles. The second kappa shape index (κ2) is 60.6. The highest BCUT2D eigenvalue weighted by atomic mass is 16.5. The van der Waals surface area contributed by atoms with Gasteiger partial charge in [-0.05, 0) is 202 Å². The quantitative estimate of drug-likeness (QED) is 0.0340. The molecule has 0 spiro atoms. The first kappa shape index (κ1) is 106. The second-order valence-corrected chi connectivity index (χ2v) is 36.1. The normalized spacial score (nSPS) is 13.5. The van der Waals surface area contributed by atoms with Gasteiger partial charge in [0.25, 0.3) is 0 Å². The van der Waals surface area contributed by atoms with Gasteiger partial charge in [-0.3, -0.25) is 4.90 Å². The Hall–Kier alpha value is -0.560. The predicted molar refractivity (Wildman–Crippen MR) is 410 cm³/mol. The van der Waals surface area contributed by atoms with E-state index in [4.69, 9.17) is 29.9 Å². The van der Waals surface area contributed by atoms with Crippen LogP contribution in [0.1, 0.15) is 252 Å². The molecule has 0 heterocycles. The fourth-order valence-electron chi connectivity index (χ4n) is 7.69. The number of hydrogen-bond acceptors (Lipinski definition) is 14. The zero-order valence-electron chi connectivity index (χ0n) is 69.5. The molecule has 0 aliphatic carbocycles. The average Bonchev–Trinajstić information content (AvgIpc) is 3.43. The third-order valence-corrected chi connectivity index (χ3v) is 15.5. The summed E-state index contributed by atoms with van der Waals surface area (Å²) >= 11 is 0. The van der Waals surface area contributed by atoms with Crippen molar-refractivity contribution in [3.05, 3.63) is 0 Å². The van der Waals surface area contributed by atoms with Crippen molar-refractivity contribution in [2.24, 2.45) is 55.2 Å². The number of aliphatic hydroxyl groups is 4. The number of rotatable bonds is 34. The summed E-state index contributed by atoms with van der Waals surface area (Å²) in [5.41, 5.74) is 3.38. The van der Waals surface area contributed by atoms with Crippen molar-refractivity contribution in [1.82, 2.24) is 40.0 Å². The highest BCUT2D eigenvalue weighted by Gasteiger charge is 2.22. The number of likely N-dealkylation sites (N-methyl/N-ethyl adjacent to an activating group) is 2. The summed E-state index contributed by atoms with van der Waals surface area (Å²) in [6.45, 7) is 83.1. The molecule has 562 valence electrons. The SMILES string of the molecule is CC(C)(C)CCN(CCO)CCO.CC(C)(C)CCNCCO.CC(CC(C)(C)C)N(C)C.CC(CN(C)C)C(C)(C)C.CC(CN(C)CCO)C(C)(C)C.CCCN(CCOC)CCC(C)(C)C.CCCNCCC(C)(C)C.COCCN(C)CCC(C)(C)C. The Bertz CT molecular complexity index is 1420. The third-order valence-electron chi connectivity index (χ3n) is 15.5. The van der Waals surface area contributed by atoms with Gasteiger partial charge in [-0.2, -0.15) is 0 Å². The number of nitrogens with zero attached hydrogens (tertiary/aromatic N) is 6. The van der Waals surface area contributed by atoms with E-state index >= 15 is 0 Å². The number of aliphatic hydroxyl groups excluding tert-OH is 4. The van der Waals surface area contributed by atoms with Crippen LogP contribution in [-0.2, 0) is 9.47 Å². The molecule has 0 aromatic rings. The molecule has 0 rings (SSSR count). The topological polar surface area (TPSA) is 143 Å². The maximum absolute atomic E-state index is 8.77. The molecule has 0 radical (unpaired) electrons. The van der Waals surface area contributed by atoms with Crippen LogP contribution in [0.4, 0.5) is 0 Å². The summed E-state index contributed by atoms with van der Waals surface area (Å²) < 4.78 is 10.1. The van der Waals surface area contributed by atoms with Crippen molar-refractivity contribution in [2.45, 2.75) is 258 Å². The molecule has 14 nitrogen and oxygen atoms in total. The van der Waals surface area contributed by atoms with Gasteiger partial charge in [0.05, 0.1) is 39.6 Å². The van der Waals surface area contributed by atoms with E-state index in [1.807, 2.05) is 0 Å². The smallest absolute Gasteiger partial charge is 0.0589 e. The minimum absolute atomic E-state index is 0.171. The Morgan fingerprint density at radius 1 is 0.352 bits per heavy atom. The van der Waals surface area contributed by atoms with E-state index in [0.717, 1.165) is 97.4 Å². The molecule has 0 saturated heterocycles. The van der Waals surface area contributed by atoms with Gasteiger partial charge < -0.3 is 65.0 Å². The highest BCUT2D eigenvalue weighted by Crippen LogP contribution is 2.27. The van der Waals surface area contributed by atoms with E-state index in [-0.39, 0.29) is 26.4 Å². The number of nitrogens with one attached hydrogen (secondary N) is 2. The van der Waals surface area contributed by atoms with Crippen LogP contribution in [0.2, 0.25) is 0 Å². The van der Waals surface area contributed by atoms with E-state index in [9.17, 15) is 0 Å². The van der Waals surface area contributed by atoms with Crippen LogP contribution in [0.25, 0.3) is 0 Å². The minimum Gasteiger partial charge on any atom is -0.395 e. The fourth-order valence-corrected chi connectivity index (χ4v) is 7.69. The van der Waals surface area contributed by atoms with Gasteiger partial charge in [-0.15, -0.1) is 0 Å². The molecule has 0 aromatic heterocycles. The zero-order chi connectivity index (χ0) is 73.5. The summed E-state index contributed by atoms with van der Waals surface area (Å²) in [5.74, 6) is 1.43. The monoisotopic (exact) mass is 1310 g/mol. The first-order valence-electron chi connectivity index (χ1n) is 36.1. The van der Waals surface area contributed by atoms with Gasteiger partial charge in [0.2, 0.25) is 0 Å². The summed E-state index contributed by atoms with van der Waals surface area (Å²) in [7, 11) is 16.2. The van der Waals surface area contributed by atoms with Gasteiger partial charge in [0.15, 0.2) is 0 Å². The molecule has 91 heavy (non-hydrogen) atoms. The van der Waals surface area contributed by atoms with Crippen LogP contribution in [0.5, 0.6) is 0 Å². The van der Waals surface area contributed by atoms with Crippen LogP contribution in [0.15, 0.2) is 0 Å². The van der Waals surface area contributed by atoms with Gasteiger partial charge in [0, 0.05) is 72.6 Å². The Morgan fingerprint density at radius 2 is 0.703 bits per heavy atom. The molecular formula is C77H178N8O6. The van der Waals surface area contributed by atoms with Crippen molar-refractivity contribution in [2.75, 3.05) is 194 Å². The second-order valence-electron chi connectivity index (χ2n) is 36.1. The Kier molecular flexibility index (Phi) is 70.9. The molecule has 6 N–H and O–H groups in total. The first-order chi connectivity index (χ1) is 41.1. The Balaban J connectivity index is -0.000000145. The number of methoxy groups -OCH3 is 2. The number of ether oxygens (including phenoxy) is 2. The van der Waals surface area contributed by atoms with Crippen LogP contribution in [0, 0.1) is 55.2 Å². The van der Waals surface area contributed by atoms with E-state index in [2.05, 4.69) is 283 Å². The van der Waals surface area contributed by atoms with E-state index < -0.39 is 0 Å². The van der Waals surface area contributed by atoms with Crippen molar-refractivity contribution >= 4 is 0 Å². The van der Waals surface area contributed by atoms with Crippen molar-refractivity contribution in [3.8, 4) is 0 Å². The fraction of sp³-hybridized carbons (Fsp3) is 1.00. The number of hydrogen-bond donors (Lipinski definition) is 6. The molecule has 0 aromatic carbocycles. The highest BCUT2D eigenvalue weighted by molar-refractivity contribution is 4.74. The van der Waals surface area contributed by atoms with Crippen molar-refractivity contribution in [1.29, 1.82) is 0 Å². The minimum atomic E-state index is 0.171. The summed E-state index contributed by atoms with van der Waals surface area (Å²) in [5, 5.41) is 41.2. The molecule has 0 amide bonds.